The van der Waals surface area contributed by atoms with Gasteiger partial charge < -0.3 is 4.74 Å². The zero-order valence-corrected chi connectivity index (χ0v) is 12.3. The number of hydrogen-bond donors (Lipinski definition) is 0. The number of fused-ring (bicyclic) bond motifs is 1. The topological polar surface area (TPSA) is 26.3 Å². The van der Waals surface area contributed by atoms with Crippen LogP contribution in [0.25, 0.3) is 0 Å². The van der Waals surface area contributed by atoms with Crippen LogP contribution in [0.15, 0.2) is 39.3 Å². The van der Waals surface area contributed by atoms with Gasteiger partial charge in [-0.2, -0.15) is 0 Å². The van der Waals surface area contributed by atoms with Crippen LogP contribution in [-0.2, 0) is 16.0 Å². The lowest BCUT2D eigenvalue weighted by Crippen LogP contribution is -2.15. The number of aryl methyl sites for hydroxylation is 1. The summed E-state index contributed by atoms with van der Waals surface area (Å²) in [5, 5.41) is 0.728. The van der Waals surface area contributed by atoms with Crippen molar-refractivity contribution < 1.29 is 9.53 Å². The van der Waals surface area contributed by atoms with Crippen LogP contribution < -0.4 is 0 Å². The molecule has 0 saturated carbocycles. The summed E-state index contributed by atoms with van der Waals surface area (Å²) in [6.07, 6.45) is 3.09. The first-order chi connectivity index (χ1) is 9.10. The molecule has 2 aliphatic rings. The van der Waals surface area contributed by atoms with E-state index in [0.717, 1.165) is 32.6 Å². The van der Waals surface area contributed by atoms with E-state index in [0.29, 0.717) is 6.42 Å². The molecule has 0 radical (unpaired) electrons. The monoisotopic (exact) mass is 292 g/mol. The standard InChI is InChI=1S/C15H13ClO2S/c1-8-3-4-12(16)15-11(8)6-9-5-10(18-2)7-13(17)14(9)19-15/h3-5H,6-7H2,1-2H3. The molecule has 0 fully saturated rings. The van der Waals surface area contributed by atoms with Crippen molar-refractivity contribution in [1.29, 1.82) is 0 Å². The number of thioether (sulfide) groups is 1. The van der Waals surface area contributed by atoms with Crippen molar-refractivity contribution >= 4 is 29.1 Å². The fourth-order valence-corrected chi connectivity index (χ4v) is 3.90. The van der Waals surface area contributed by atoms with Crippen LogP contribution in [0.2, 0.25) is 5.02 Å². The van der Waals surface area contributed by atoms with Gasteiger partial charge in [-0.3, -0.25) is 4.79 Å². The predicted molar refractivity (Wildman–Crippen MR) is 77.5 cm³/mol. The quantitative estimate of drug-likeness (QED) is 0.781. The van der Waals surface area contributed by atoms with Gasteiger partial charge in [0.15, 0.2) is 5.78 Å². The number of rotatable bonds is 1. The van der Waals surface area contributed by atoms with E-state index in [2.05, 4.69) is 6.92 Å². The van der Waals surface area contributed by atoms with Crippen molar-refractivity contribution in [3.8, 4) is 0 Å². The Morgan fingerprint density at radius 3 is 2.84 bits per heavy atom. The highest BCUT2D eigenvalue weighted by atomic mass is 35.5. The van der Waals surface area contributed by atoms with Gasteiger partial charge in [0.05, 0.1) is 23.5 Å². The third-order valence-corrected chi connectivity index (χ3v) is 5.29. The first kappa shape index (κ1) is 12.8. The minimum absolute atomic E-state index is 0.127. The van der Waals surface area contributed by atoms with Crippen LogP contribution in [0.1, 0.15) is 17.5 Å². The Hall–Kier alpha value is -1.19. The lowest BCUT2D eigenvalue weighted by molar-refractivity contribution is -0.115. The second-order valence-electron chi connectivity index (χ2n) is 4.72. The maximum absolute atomic E-state index is 12.2. The molecular weight excluding hydrogens is 280 g/mol. The first-order valence-electron chi connectivity index (χ1n) is 6.07. The van der Waals surface area contributed by atoms with Crippen molar-refractivity contribution in [2.24, 2.45) is 0 Å². The normalized spacial score (nSPS) is 17.8. The Balaban J connectivity index is 2.10. The molecule has 0 bridgehead atoms. The average molecular weight is 293 g/mol. The number of benzene rings is 1. The van der Waals surface area contributed by atoms with Crippen LogP contribution in [0.4, 0.5) is 0 Å². The molecule has 0 unspecified atom stereocenters. The fraction of sp³-hybridized carbons (Fsp3) is 0.267. The first-order valence-corrected chi connectivity index (χ1v) is 7.26. The number of hydrogen-bond acceptors (Lipinski definition) is 3. The molecule has 0 spiro atoms. The molecular formula is C15H13ClO2S. The average Bonchev–Trinajstić information content (AvgIpc) is 2.41. The third kappa shape index (κ3) is 2.11. The fourth-order valence-electron chi connectivity index (χ4n) is 2.43. The molecule has 3 rings (SSSR count). The maximum atomic E-state index is 12.2. The Morgan fingerprint density at radius 1 is 1.32 bits per heavy atom. The lowest BCUT2D eigenvalue weighted by Gasteiger charge is -2.25. The number of carbonyl (C=O) groups is 1. The third-order valence-electron chi connectivity index (χ3n) is 3.50. The summed E-state index contributed by atoms with van der Waals surface area (Å²) in [5.41, 5.74) is 3.48. The number of methoxy groups -OCH3 is 1. The predicted octanol–water partition coefficient (Wildman–Crippen LogP) is 4.05. The molecule has 0 N–H and O–H groups in total. The van der Waals surface area contributed by atoms with Gasteiger partial charge in [-0.1, -0.05) is 29.4 Å². The maximum Gasteiger partial charge on any atom is 0.177 e. The molecule has 4 heteroatoms. The number of carbonyl (C=O) groups excluding carboxylic acids is 1. The van der Waals surface area contributed by atoms with Gasteiger partial charge in [-0.15, -0.1) is 0 Å². The van der Waals surface area contributed by atoms with Crippen LogP contribution >= 0.6 is 23.4 Å². The molecule has 0 amide bonds. The van der Waals surface area contributed by atoms with Crippen molar-refractivity contribution in [2.45, 2.75) is 24.7 Å². The molecule has 1 aromatic carbocycles. The molecule has 0 atom stereocenters. The second kappa shape index (κ2) is 4.73. The van der Waals surface area contributed by atoms with E-state index in [1.54, 1.807) is 7.11 Å². The van der Waals surface area contributed by atoms with Crippen LogP contribution in [0.5, 0.6) is 0 Å². The summed E-state index contributed by atoms with van der Waals surface area (Å²) in [4.78, 5) is 14.0. The van der Waals surface area contributed by atoms with Crippen LogP contribution in [0.3, 0.4) is 0 Å². The molecule has 1 heterocycles. The lowest BCUT2D eigenvalue weighted by atomic mass is 9.95. The van der Waals surface area contributed by atoms with E-state index >= 15 is 0 Å². The molecule has 1 aliphatic heterocycles. The number of halogens is 1. The molecule has 2 nitrogen and oxygen atoms in total. The van der Waals surface area contributed by atoms with Crippen molar-refractivity contribution in [3.63, 3.8) is 0 Å². The Morgan fingerprint density at radius 2 is 2.11 bits per heavy atom. The zero-order chi connectivity index (χ0) is 13.6. The Bertz CT molecular complexity index is 644. The van der Waals surface area contributed by atoms with Gasteiger partial charge in [-0.05, 0) is 35.8 Å². The highest BCUT2D eigenvalue weighted by Gasteiger charge is 2.29. The molecule has 1 aromatic rings. The summed E-state index contributed by atoms with van der Waals surface area (Å²) in [7, 11) is 1.61. The van der Waals surface area contributed by atoms with Gasteiger partial charge in [0.2, 0.25) is 0 Å². The molecule has 19 heavy (non-hydrogen) atoms. The zero-order valence-electron chi connectivity index (χ0n) is 10.7. The summed E-state index contributed by atoms with van der Waals surface area (Å²) >= 11 is 7.75. The summed E-state index contributed by atoms with van der Waals surface area (Å²) in [6, 6.07) is 3.93. The number of ether oxygens (including phenoxy) is 1. The SMILES string of the molecule is COC1=CC2=C(Sc3c(Cl)ccc(C)c3C2)C(=O)C1. The van der Waals surface area contributed by atoms with Gasteiger partial charge in [0, 0.05) is 11.3 Å². The Labute approximate surface area is 121 Å². The molecule has 0 aromatic heterocycles. The van der Waals surface area contributed by atoms with Crippen molar-refractivity contribution in [2.75, 3.05) is 7.11 Å². The molecule has 98 valence electrons. The minimum atomic E-state index is 0.127. The number of allylic oxidation sites excluding steroid dienone is 4. The highest BCUT2D eigenvalue weighted by Crippen LogP contribution is 2.46. The molecule has 0 saturated heterocycles. The summed E-state index contributed by atoms with van der Waals surface area (Å²) in [5.74, 6) is 0.870. The van der Waals surface area contributed by atoms with E-state index in [1.165, 1.54) is 22.9 Å². The minimum Gasteiger partial charge on any atom is -0.501 e. The van der Waals surface area contributed by atoms with Crippen LogP contribution in [0, 0.1) is 6.92 Å². The smallest absolute Gasteiger partial charge is 0.177 e. The summed E-state index contributed by atoms with van der Waals surface area (Å²) < 4.78 is 5.22. The van der Waals surface area contributed by atoms with E-state index in [-0.39, 0.29) is 5.78 Å². The van der Waals surface area contributed by atoms with Crippen molar-refractivity contribution in [1.82, 2.24) is 0 Å². The van der Waals surface area contributed by atoms with E-state index in [1.807, 2.05) is 18.2 Å². The van der Waals surface area contributed by atoms with Gasteiger partial charge in [0.1, 0.15) is 5.76 Å². The number of Topliss-reactive ketones (excluding diaryl/α,β-unsaturated/α-hetero) is 1. The summed E-state index contributed by atoms with van der Waals surface area (Å²) in [6.45, 7) is 2.08. The van der Waals surface area contributed by atoms with Crippen molar-refractivity contribution in [3.05, 3.63) is 50.6 Å². The van der Waals surface area contributed by atoms with Gasteiger partial charge in [-0.25, -0.2) is 0 Å². The number of ketones is 1. The molecule has 1 aliphatic carbocycles. The highest BCUT2D eigenvalue weighted by molar-refractivity contribution is 8.04. The van der Waals surface area contributed by atoms with E-state index in [4.69, 9.17) is 16.3 Å². The van der Waals surface area contributed by atoms with Gasteiger partial charge >= 0.3 is 0 Å². The second-order valence-corrected chi connectivity index (χ2v) is 6.15. The van der Waals surface area contributed by atoms with Crippen LogP contribution in [-0.4, -0.2) is 12.9 Å². The van der Waals surface area contributed by atoms with E-state index in [9.17, 15) is 4.79 Å². The van der Waals surface area contributed by atoms with E-state index < -0.39 is 0 Å². The Kier molecular flexibility index (Phi) is 3.19. The van der Waals surface area contributed by atoms with Gasteiger partial charge in [0.25, 0.3) is 0 Å². The largest absolute Gasteiger partial charge is 0.501 e.